The van der Waals surface area contributed by atoms with Crippen molar-refractivity contribution in [2.75, 3.05) is 26.2 Å². The summed E-state index contributed by atoms with van der Waals surface area (Å²) in [5.74, 6) is 1.06. The van der Waals surface area contributed by atoms with Gasteiger partial charge in [-0.3, -0.25) is 4.90 Å². The molecule has 1 saturated heterocycles. The average Bonchev–Trinajstić information content (AvgIpc) is 3.00. The maximum Gasteiger partial charge on any atom is 0.107 e. The fraction of sp³-hybridized carbons (Fsp3) is 0.400. The quantitative estimate of drug-likeness (QED) is 0.911. The molecule has 4 nitrogen and oxygen atoms in total. The smallest absolute Gasteiger partial charge is 0.107 e. The van der Waals surface area contributed by atoms with Gasteiger partial charge in [0.25, 0.3) is 0 Å². The van der Waals surface area contributed by atoms with Gasteiger partial charge in [0.2, 0.25) is 0 Å². The van der Waals surface area contributed by atoms with Gasteiger partial charge in [-0.05, 0) is 5.56 Å². The molecule has 3 rings (SSSR count). The average molecular weight is 257 g/mol. The van der Waals surface area contributed by atoms with E-state index >= 15 is 0 Å². The normalized spacial score (nSPS) is 20.5. The molecule has 1 aliphatic heterocycles. The maximum absolute atomic E-state index is 5.87. The molecular weight excluding hydrogens is 238 g/mol. The van der Waals surface area contributed by atoms with Gasteiger partial charge in [-0.1, -0.05) is 30.3 Å². The van der Waals surface area contributed by atoms with E-state index in [2.05, 4.69) is 39.1 Å². The minimum Gasteiger partial charge on any atom is -0.371 e. The van der Waals surface area contributed by atoms with Crippen LogP contribution in [0.1, 0.15) is 17.5 Å². The fourth-order valence-electron chi connectivity index (χ4n) is 2.47. The second-order valence-corrected chi connectivity index (χ2v) is 4.86. The van der Waals surface area contributed by atoms with Crippen LogP contribution < -0.4 is 0 Å². The molecule has 1 unspecified atom stereocenters. The van der Waals surface area contributed by atoms with Crippen molar-refractivity contribution in [1.82, 2.24) is 14.9 Å². The number of rotatable bonds is 4. The number of hydrogen-bond acceptors (Lipinski definition) is 3. The minimum atomic E-state index is 0.201. The standard InChI is InChI=1S/C15H19N3O/c1-2-4-13(5-3-1)14-12-18(10-11-19-14)9-6-15-16-7-8-17-15/h1-5,7-8,14H,6,9-12H2,(H,16,17). The minimum absolute atomic E-state index is 0.201. The summed E-state index contributed by atoms with van der Waals surface area (Å²) >= 11 is 0. The van der Waals surface area contributed by atoms with Crippen molar-refractivity contribution in [1.29, 1.82) is 0 Å². The van der Waals surface area contributed by atoms with Crippen LogP contribution in [-0.4, -0.2) is 41.1 Å². The summed E-state index contributed by atoms with van der Waals surface area (Å²) in [5.41, 5.74) is 1.27. The van der Waals surface area contributed by atoms with Crippen LogP contribution in [0.3, 0.4) is 0 Å². The van der Waals surface area contributed by atoms with Gasteiger partial charge in [0.05, 0.1) is 12.7 Å². The van der Waals surface area contributed by atoms with Crippen LogP contribution in [0, 0.1) is 0 Å². The molecule has 0 saturated carbocycles. The summed E-state index contributed by atoms with van der Waals surface area (Å²) in [6, 6.07) is 10.5. The van der Waals surface area contributed by atoms with Crippen LogP contribution in [0.5, 0.6) is 0 Å². The highest BCUT2D eigenvalue weighted by molar-refractivity contribution is 5.18. The lowest BCUT2D eigenvalue weighted by atomic mass is 10.1. The number of nitrogens with one attached hydrogen (secondary N) is 1. The Morgan fingerprint density at radius 2 is 2.21 bits per heavy atom. The summed E-state index contributed by atoms with van der Waals surface area (Å²) in [5, 5.41) is 0. The van der Waals surface area contributed by atoms with Crippen LogP contribution in [0.15, 0.2) is 42.7 Å². The van der Waals surface area contributed by atoms with E-state index in [-0.39, 0.29) is 6.10 Å². The second-order valence-electron chi connectivity index (χ2n) is 4.86. The highest BCUT2D eigenvalue weighted by Crippen LogP contribution is 2.21. The first kappa shape index (κ1) is 12.4. The lowest BCUT2D eigenvalue weighted by Crippen LogP contribution is -2.39. The Labute approximate surface area is 113 Å². The lowest BCUT2D eigenvalue weighted by Gasteiger charge is -2.33. The van der Waals surface area contributed by atoms with E-state index in [1.54, 1.807) is 6.20 Å². The van der Waals surface area contributed by atoms with E-state index in [9.17, 15) is 0 Å². The zero-order valence-corrected chi connectivity index (χ0v) is 11.0. The molecule has 1 aliphatic rings. The first-order valence-corrected chi connectivity index (χ1v) is 6.79. The number of benzene rings is 1. The zero-order valence-electron chi connectivity index (χ0n) is 11.0. The van der Waals surface area contributed by atoms with Crippen LogP contribution in [0.4, 0.5) is 0 Å². The van der Waals surface area contributed by atoms with Gasteiger partial charge in [-0.15, -0.1) is 0 Å². The topological polar surface area (TPSA) is 41.2 Å². The van der Waals surface area contributed by atoms with Crippen LogP contribution in [0.25, 0.3) is 0 Å². The van der Waals surface area contributed by atoms with E-state index in [1.165, 1.54) is 5.56 Å². The zero-order chi connectivity index (χ0) is 12.9. The number of imidazole rings is 1. The third kappa shape index (κ3) is 3.22. The number of nitrogens with zero attached hydrogens (tertiary/aromatic N) is 2. The SMILES string of the molecule is c1ccc(C2CN(CCc3ncc[nH]3)CCO2)cc1. The van der Waals surface area contributed by atoms with Crippen LogP contribution >= 0.6 is 0 Å². The van der Waals surface area contributed by atoms with Gasteiger partial charge in [-0.25, -0.2) is 4.98 Å². The molecule has 100 valence electrons. The van der Waals surface area contributed by atoms with Crippen molar-refractivity contribution in [2.24, 2.45) is 0 Å². The Kier molecular flexibility index (Phi) is 3.91. The third-order valence-corrected chi connectivity index (χ3v) is 3.54. The number of hydrogen-bond donors (Lipinski definition) is 1. The summed E-state index contributed by atoms with van der Waals surface area (Å²) < 4.78 is 5.87. The molecule has 2 aromatic rings. The van der Waals surface area contributed by atoms with Gasteiger partial charge in [0, 0.05) is 38.4 Å². The van der Waals surface area contributed by atoms with E-state index in [0.717, 1.165) is 38.5 Å². The summed E-state index contributed by atoms with van der Waals surface area (Å²) in [6.07, 6.45) is 4.85. The molecule has 1 fully saturated rings. The van der Waals surface area contributed by atoms with Crippen molar-refractivity contribution >= 4 is 0 Å². The fourth-order valence-corrected chi connectivity index (χ4v) is 2.47. The predicted molar refractivity (Wildman–Crippen MR) is 73.9 cm³/mol. The molecule has 2 heterocycles. The summed E-state index contributed by atoms with van der Waals surface area (Å²) in [6.45, 7) is 3.80. The van der Waals surface area contributed by atoms with Crippen LogP contribution in [0.2, 0.25) is 0 Å². The number of H-pyrrole nitrogens is 1. The second kappa shape index (κ2) is 5.99. The lowest BCUT2D eigenvalue weighted by molar-refractivity contribution is -0.0296. The maximum atomic E-state index is 5.87. The first-order valence-electron chi connectivity index (χ1n) is 6.79. The monoisotopic (exact) mass is 257 g/mol. The highest BCUT2D eigenvalue weighted by atomic mass is 16.5. The Hall–Kier alpha value is -1.65. The van der Waals surface area contributed by atoms with Crippen molar-refractivity contribution in [3.05, 3.63) is 54.1 Å². The molecule has 1 atom stereocenters. The number of ether oxygens (including phenoxy) is 1. The predicted octanol–water partition coefficient (Wildman–Crippen LogP) is 2.03. The largest absolute Gasteiger partial charge is 0.371 e. The molecule has 0 bridgehead atoms. The van der Waals surface area contributed by atoms with Crippen molar-refractivity contribution in [3.63, 3.8) is 0 Å². The molecule has 1 N–H and O–H groups in total. The number of aromatic nitrogens is 2. The Morgan fingerprint density at radius 3 is 3.00 bits per heavy atom. The molecule has 0 aliphatic carbocycles. The molecule has 1 aromatic heterocycles. The summed E-state index contributed by atoms with van der Waals surface area (Å²) in [4.78, 5) is 9.86. The molecule has 0 radical (unpaired) electrons. The van der Waals surface area contributed by atoms with E-state index in [1.807, 2.05) is 12.3 Å². The first-order chi connectivity index (χ1) is 9.42. The van der Waals surface area contributed by atoms with E-state index in [0.29, 0.717) is 0 Å². The highest BCUT2D eigenvalue weighted by Gasteiger charge is 2.21. The molecule has 1 aromatic carbocycles. The van der Waals surface area contributed by atoms with Crippen molar-refractivity contribution in [2.45, 2.75) is 12.5 Å². The van der Waals surface area contributed by atoms with Crippen molar-refractivity contribution < 1.29 is 4.74 Å². The molecule has 0 spiro atoms. The molecule has 0 amide bonds. The van der Waals surface area contributed by atoms with Gasteiger partial charge in [0.15, 0.2) is 0 Å². The number of aromatic amines is 1. The third-order valence-electron chi connectivity index (χ3n) is 3.54. The Balaban J connectivity index is 1.56. The molecule has 19 heavy (non-hydrogen) atoms. The van der Waals surface area contributed by atoms with E-state index in [4.69, 9.17) is 4.74 Å². The Bertz CT molecular complexity index is 483. The number of morpholine rings is 1. The molecular formula is C15H19N3O. The van der Waals surface area contributed by atoms with Gasteiger partial charge < -0.3 is 9.72 Å². The van der Waals surface area contributed by atoms with Crippen LogP contribution in [-0.2, 0) is 11.2 Å². The summed E-state index contributed by atoms with van der Waals surface area (Å²) in [7, 11) is 0. The van der Waals surface area contributed by atoms with Crippen molar-refractivity contribution in [3.8, 4) is 0 Å². The molecule has 4 heteroatoms. The van der Waals surface area contributed by atoms with E-state index < -0.39 is 0 Å². The van der Waals surface area contributed by atoms with Gasteiger partial charge in [0.1, 0.15) is 5.82 Å². The van der Waals surface area contributed by atoms with Gasteiger partial charge in [-0.2, -0.15) is 0 Å². The van der Waals surface area contributed by atoms with Gasteiger partial charge >= 0.3 is 0 Å². The Morgan fingerprint density at radius 1 is 1.32 bits per heavy atom.